The van der Waals surface area contributed by atoms with Gasteiger partial charge in [-0.25, -0.2) is 0 Å². The third-order valence-electron chi connectivity index (χ3n) is 11.1. The highest BCUT2D eigenvalue weighted by Gasteiger charge is 2.18. The minimum atomic E-state index is 0.602. The molecule has 0 saturated heterocycles. The van der Waals surface area contributed by atoms with E-state index in [0.29, 0.717) is 11.1 Å². The van der Waals surface area contributed by atoms with Crippen LogP contribution in [0.2, 0.25) is 0 Å². The van der Waals surface area contributed by atoms with Crippen molar-refractivity contribution in [3.8, 4) is 40.3 Å². The van der Waals surface area contributed by atoms with Crippen molar-refractivity contribution in [1.82, 2.24) is 13.7 Å². The Morgan fingerprint density at radius 2 is 0.745 bits per heavy atom. The van der Waals surface area contributed by atoms with E-state index in [1.54, 1.807) is 0 Å². The Labute approximate surface area is 316 Å². The van der Waals surface area contributed by atoms with E-state index in [1.165, 1.54) is 10.8 Å². The monoisotopic (exact) mass is 699 g/mol. The average molecular weight is 700 g/mol. The lowest BCUT2D eigenvalue weighted by Crippen LogP contribution is -1.98. The van der Waals surface area contributed by atoms with Gasteiger partial charge in [0.2, 0.25) is 0 Å². The molecule has 0 saturated carbocycles. The Morgan fingerprint density at radius 3 is 1.29 bits per heavy atom. The van der Waals surface area contributed by atoms with Crippen LogP contribution in [0.1, 0.15) is 11.1 Å². The first-order chi connectivity index (χ1) is 27.2. The Bertz CT molecular complexity index is 3400. The second-order valence-electron chi connectivity index (χ2n) is 14.0. The van der Waals surface area contributed by atoms with Gasteiger partial charge in [-0.1, -0.05) is 103 Å². The van der Waals surface area contributed by atoms with Crippen molar-refractivity contribution in [3.63, 3.8) is 0 Å². The number of hydrogen-bond acceptors (Lipinski definition) is 2. The van der Waals surface area contributed by atoms with Crippen molar-refractivity contribution >= 4 is 65.4 Å². The van der Waals surface area contributed by atoms with E-state index >= 15 is 0 Å². The van der Waals surface area contributed by atoms with Crippen molar-refractivity contribution in [3.05, 3.63) is 187 Å². The van der Waals surface area contributed by atoms with Gasteiger partial charge in [-0.05, 0) is 83.9 Å². The Morgan fingerprint density at radius 1 is 0.327 bits per heavy atom. The summed E-state index contributed by atoms with van der Waals surface area (Å²) in [6.45, 7) is 0. The first-order valence-corrected chi connectivity index (χ1v) is 18.3. The fourth-order valence-electron chi connectivity index (χ4n) is 8.70. The second-order valence-corrected chi connectivity index (χ2v) is 14.0. The van der Waals surface area contributed by atoms with Gasteiger partial charge in [-0.3, -0.25) is 0 Å². The van der Waals surface area contributed by atoms with Crippen LogP contribution < -0.4 is 0 Å². The molecule has 3 heterocycles. The highest BCUT2D eigenvalue weighted by Crippen LogP contribution is 2.38. The van der Waals surface area contributed by atoms with Crippen LogP contribution >= 0.6 is 0 Å². The first-order valence-electron chi connectivity index (χ1n) is 18.3. The molecule has 0 spiro atoms. The SMILES string of the molecule is N#Cc1ccc2c3ccccc3n(-c3ccc(-c4ccc(-n5c6ccccc6c6ccc(-n7c8ccccc8c8ccccc87)cc65)cc4C#N)cc3)c2c1. The molecule has 11 aromatic rings. The molecule has 5 heteroatoms. The minimum absolute atomic E-state index is 0.602. The van der Waals surface area contributed by atoms with Gasteiger partial charge in [0, 0.05) is 49.4 Å². The largest absolute Gasteiger partial charge is 0.309 e. The normalized spacial score (nSPS) is 11.6. The molecule has 5 nitrogen and oxygen atoms in total. The number of nitrogens with zero attached hydrogens (tertiary/aromatic N) is 5. The van der Waals surface area contributed by atoms with Crippen LogP contribution in [0.3, 0.4) is 0 Å². The van der Waals surface area contributed by atoms with Crippen molar-refractivity contribution < 1.29 is 0 Å². The molecule has 0 aliphatic carbocycles. The number of nitriles is 2. The Kier molecular flexibility index (Phi) is 6.61. The number of para-hydroxylation sites is 4. The molecule has 0 aliphatic heterocycles. The van der Waals surface area contributed by atoms with Gasteiger partial charge in [0.05, 0.1) is 56.4 Å². The predicted molar refractivity (Wildman–Crippen MR) is 224 cm³/mol. The lowest BCUT2D eigenvalue weighted by molar-refractivity contribution is 1.15. The summed E-state index contributed by atoms with van der Waals surface area (Å²) < 4.78 is 6.84. The van der Waals surface area contributed by atoms with E-state index in [9.17, 15) is 10.5 Å². The van der Waals surface area contributed by atoms with Crippen molar-refractivity contribution in [2.24, 2.45) is 0 Å². The molecule has 0 atom stereocenters. The molecular weight excluding hydrogens is 671 g/mol. The van der Waals surface area contributed by atoms with E-state index in [1.807, 2.05) is 36.4 Å². The molecule has 254 valence electrons. The van der Waals surface area contributed by atoms with Crippen LogP contribution in [-0.4, -0.2) is 13.7 Å². The predicted octanol–water partition coefficient (Wildman–Crippen LogP) is 12.4. The highest BCUT2D eigenvalue weighted by molar-refractivity contribution is 6.12. The fraction of sp³-hybridized carbons (Fsp3) is 0. The fourth-order valence-corrected chi connectivity index (χ4v) is 8.70. The van der Waals surface area contributed by atoms with Crippen molar-refractivity contribution in [1.29, 1.82) is 10.5 Å². The molecule has 8 aromatic carbocycles. The third kappa shape index (κ3) is 4.51. The van der Waals surface area contributed by atoms with Crippen LogP contribution in [0.15, 0.2) is 176 Å². The summed E-state index contributed by atoms with van der Waals surface area (Å²) in [5.74, 6) is 0. The van der Waals surface area contributed by atoms with Gasteiger partial charge in [0.1, 0.15) is 0 Å². The topological polar surface area (TPSA) is 62.4 Å². The van der Waals surface area contributed by atoms with Gasteiger partial charge >= 0.3 is 0 Å². The van der Waals surface area contributed by atoms with Gasteiger partial charge in [0.25, 0.3) is 0 Å². The standard InChI is InChI=1S/C50H29N5/c51-30-32-17-24-43-41-11-3-5-13-45(41)53(49(43)27-32)35-20-18-33(19-21-35)38-25-22-36(28-34(38)31-52)55-48-16-8-4-12-42(48)44-26-23-37(29-50(44)55)54-46-14-6-1-9-39(46)40-10-2-7-15-47(40)54/h1-29H. The van der Waals surface area contributed by atoms with Crippen molar-refractivity contribution in [2.45, 2.75) is 0 Å². The van der Waals surface area contributed by atoms with Crippen LogP contribution in [-0.2, 0) is 0 Å². The summed E-state index contributed by atoms with van der Waals surface area (Å²) in [6.07, 6.45) is 0. The summed E-state index contributed by atoms with van der Waals surface area (Å²) in [5.41, 5.74) is 12.6. The van der Waals surface area contributed by atoms with Crippen LogP contribution in [0.5, 0.6) is 0 Å². The van der Waals surface area contributed by atoms with Gasteiger partial charge in [0.15, 0.2) is 0 Å². The molecule has 0 unspecified atom stereocenters. The summed E-state index contributed by atoms with van der Waals surface area (Å²) in [7, 11) is 0. The smallest absolute Gasteiger partial charge is 0.0998 e. The molecule has 0 N–H and O–H groups in total. The van der Waals surface area contributed by atoms with Crippen LogP contribution in [0.4, 0.5) is 0 Å². The summed E-state index contributed by atoms with van der Waals surface area (Å²) in [6, 6.07) is 65.9. The molecule has 0 radical (unpaired) electrons. The highest BCUT2D eigenvalue weighted by atomic mass is 15.0. The molecule has 11 rings (SSSR count). The maximum atomic E-state index is 10.6. The van der Waals surface area contributed by atoms with Gasteiger partial charge in [-0.2, -0.15) is 10.5 Å². The number of rotatable bonds is 4. The Hall–Kier alpha value is -7.86. The van der Waals surface area contributed by atoms with Crippen LogP contribution in [0, 0.1) is 22.7 Å². The molecule has 0 amide bonds. The minimum Gasteiger partial charge on any atom is -0.309 e. The number of benzene rings is 8. The maximum absolute atomic E-state index is 10.6. The zero-order valence-corrected chi connectivity index (χ0v) is 29.5. The van der Waals surface area contributed by atoms with Gasteiger partial charge in [-0.15, -0.1) is 0 Å². The molecule has 55 heavy (non-hydrogen) atoms. The number of fused-ring (bicyclic) bond motifs is 9. The number of aromatic nitrogens is 3. The Balaban J connectivity index is 1.05. The molecule has 0 bridgehead atoms. The van der Waals surface area contributed by atoms with Gasteiger partial charge < -0.3 is 13.7 Å². The molecular formula is C50H29N5. The summed E-state index contributed by atoms with van der Waals surface area (Å²) in [5, 5.41) is 27.3. The quantitative estimate of drug-likeness (QED) is 0.184. The third-order valence-corrected chi connectivity index (χ3v) is 11.1. The van der Waals surface area contributed by atoms with E-state index < -0.39 is 0 Å². The van der Waals surface area contributed by atoms with E-state index in [0.717, 1.165) is 82.8 Å². The molecule has 0 fully saturated rings. The maximum Gasteiger partial charge on any atom is 0.0998 e. The second kappa shape index (κ2) is 11.8. The zero-order chi connectivity index (χ0) is 36.6. The first kappa shape index (κ1) is 30.7. The lowest BCUT2D eigenvalue weighted by atomic mass is 9.99. The summed E-state index contributed by atoms with van der Waals surface area (Å²) in [4.78, 5) is 0. The van der Waals surface area contributed by atoms with E-state index in [-0.39, 0.29) is 0 Å². The van der Waals surface area contributed by atoms with E-state index in [4.69, 9.17) is 0 Å². The van der Waals surface area contributed by atoms with Crippen LogP contribution in [0.25, 0.3) is 93.6 Å². The van der Waals surface area contributed by atoms with Crippen molar-refractivity contribution in [2.75, 3.05) is 0 Å². The summed E-state index contributed by atoms with van der Waals surface area (Å²) >= 11 is 0. The molecule has 0 aliphatic rings. The molecule has 3 aromatic heterocycles. The number of hydrogen-bond donors (Lipinski definition) is 0. The lowest BCUT2D eigenvalue weighted by Gasteiger charge is -2.13. The zero-order valence-electron chi connectivity index (χ0n) is 29.5. The average Bonchev–Trinajstić information content (AvgIpc) is 3.88. The van der Waals surface area contributed by atoms with E-state index in [2.05, 4.69) is 165 Å².